The van der Waals surface area contributed by atoms with Crippen molar-refractivity contribution in [2.24, 2.45) is 5.92 Å². The van der Waals surface area contributed by atoms with Gasteiger partial charge in [-0.3, -0.25) is 9.59 Å². The highest BCUT2D eigenvalue weighted by atomic mass is 16.6. The van der Waals surface area contributed by atoms with E-state index in [1.807, 2.05) is 44.3 Å². The number of rotatable bonds is 8. The summed E-state index contributed by atoms with van der Waals surface area (Å²) >= 11 is 0. The van der Waals surface area contributed by atoms with E-state index < -0.39 is 29.8 Å². The molecule has 1 aromatic heterocycles. The molecule has 29 heavy (non-hydrogen) atoms. The molecule has 8 heteroatoms. The molecule has 2 atom stereocenters. The fourth-order valence-electron chi connectivity index (χ4n) is 2.99. The van der Waals surface area contributed by atoms with Gasteiger partial charge in [0, 0.05) is 23.5 Å². The molecule has 2 aromatic rings. The van der Waals surface area contributed by atoms with Crippen molar-refractivity contribution in [3.8, 4) is 0 Å². The van der Waals surface area contributed by atoms with Crippen molar-refractivity contribution >= 4 is 29.3 Å². The van der Waals surface area contributed by atoms with Crippen molar-refractivity contribution in [2.75, 3.05) is 0 Å². The summed E-state index contributed by atoms with van der Waals surface area (Å²) in [5.41, 5.74) is 1.27. The number of amides is 3. The summed E-state index contributed by atoms with van der Waals surface area (Å²) in [6, 6.07) is 6.99. The standard InChI is InChI=1S/C21H30N4O4/c1-13(2)18(25-20(28)29-21(3,4)5)19(27)24-17(23-12-26)10-14-11-22-16-9-7-6-8-15(14)16/h6-9,11-13,17-18,22H,10H2,1-5H3,(H,23,26)(H,24,27)(H,25,28)/t17-,18-/m0/s1. The van der Waals surface area contributed by atoms with Crippen LogP contribution in [0.25, 0.3) is 10.9 Å². The van der Waals surface area contributed by atoms with Gasteiger partial charge < -0.3 is 25.7 Å². The molecule has 158 valence electrons. The molecule has 0 bridgehead atoms. The van der Waals surface area contributed by atoms with Gasteiger partial charge in [-0.05, 0) is 38.3 Å². The number of carbonyl (C=O) groups is 3. The Balaban J connectivity index is 2.09. The molecule has 1 heterocycles. The lowest BCUT2D eigenvalue weighted by Gasteiger charge is -2.27. The molecule has 0 saturated heterocycles. The van der Waals surface area contributed by atoms with Crippen LogP contribution in [0.4, 0.5) is 4.79 Å². The van der Waals surface area contributed by atoms with Crippen LogP contribution < -0.4 is 16.0 Å². The van der Waals surface area contributed by atoms with E-state index in [-0.39, 0.29) is 5.92 Å². The van der Waals surface area contributed by atoms with Crippen molar-refractivity contribution in [1.82, 2.24) is 20.9 Å². The predicted molar refractivity (Wildman–Crippen MR) is 111 cm³/mol. The SMILES string of the molecule is CC(C)[C@H](NC(=O)OC(C)(C)C)C(=O)N[C@@H](Cc1c[nH]c2ccccc12)NC=O. The van der Waals surface area contributed by atoms with Crippen LogP contribution in [0, 0.1) is 5.92 Å². The van der Waals surface area contributed by atoms with E-state index in [9.17, 15) is 14.4 Å². The molecule has 0 fully saturated rings. The summed E-state index contributed by atoms with van der Waals surface area (Å²) in [7, 11) is 0. The summed E-state index contributed by atoms with van der Waals surface area (Å²) in [5.74, 6) is -0.572. The molecule has 0 spiro atoms. The maximum absolute atomic E-state index is 12.8. The highest BCUT2D eigenvalue weighted by Crippen LogP contribution is 2.19. The first-order chi connectivity index (χ1) is 13.6. The number of H-pyrrole nitrogens is 1. The predicted octanol–water partition coefficient (Wildman–Crippen LogP) is 2.45. The van der Waals surface area contributed by atoms with Crippen molar-refractivity contribution < 1.29 is 19.1 Å². The maximum atomic E-state index is 12.8. The van der Waals surface area contributed by atoms with E-state index >= 15 is 0 Å². The Kier molecular flexibility index (Phi) is 7.25. The van der Waals surface area contributed by atoms with Crippen LogP contribution in [0.15, 0.2) is 30.5 Å². The quantitative estimate of drug-likeness (QED) is 0.401. The fraction of sp³-hybridized carbons (Fsp3) is 0.476. The lowest BCUT2D eigenvalue weighted by atomic mass is 10.0. The Bertz CT molecular complexity index is 854. The van der Waals surface area contributed by atoms with Crippen LogP contribution in [0.5, 0.6) is 0 Å². The molecule has 2 rings (SSSR count). The number of ether oxygens (including phenoxy) is 1. The number of fused-ring (bicyclic) bond motifs is 1. The summed E-state index contributed by atoms with van der Waals surface area (Å²) < 4.78 is 5.25. The van der Waals surface area contributed by atoms with Gasteiger partial charge in [-0.15, -0.1) is 0 Å². The van der Waals surface area contributed by atoms with Crippen LogP contribution in [-0.4, -0.2) is 41.2 Å². The van der Waals surface area contributed by atoms with Gasteiger partial charge in [0.05, 0.1) is 0 Å². The molecular formula is C21H30N4O4. The number of hydrogen-bond acceptors (Lipinski definition) is 4. The largest absolute Gasteiger partial charge is 0.444 e. The summed E-state index contributed by atoms with van der Waals surface area (Å²) in [6.07, 6.45) is 1.51. The van der Waals surface area contributed by atoms with Crippen LogP contribution in [0.2, 0.25) is 0 Å². The van der Waals surface area contributed by atoms with E-state index in [1.54, 1.807) is 20.8 Å². The molecule has 0 aliphatic carbocycles. The van der Waals surface area contributed by atoms with E-state index in [1.165, 1.54) is 0 Å². The summed E-state index contributed by atoms with van der Waals surface area (Å²) in [4.78, 5) is 39.2. The number of aromatic amines is 1. The van der Waals surface area contributed by atoms with Crippen molar-refractivity contribution in [1.29, 1.82) is 0 Å². The highest BCUT2D eigenvalue weighted by Gasteiger charge is 2.28. The molecule has 8 nitrogen and oxygen atoms in total. The van der Waals surface area contributed by atoms with Crippen molar-refractivity contribution in [2.45, 2.75) is 58.8 Å². The first kappa shape index (κ1) is 22.3. The average molecular weight is 402 g/mol. The van der Waals surface area contributed by atoms with Crippen LogP contribution in [-0.2, 0) is 20.7 Å². The van der Waals surface area contributed by atoms with E-state index in [0.29, 0.717) is 12.8 Å². The molecule has 4 N–H and O–H groups in total. The van der Waals surface area contributed by atoms with Gasteiger partial charge in [-0.2, -0.15) is 0 Å². The van der Waals surface area contributed by atoms with Gasteiger partial charge in [-0.1, -0.05) is 32.0 Å². The molecule has 0 radical (unpaired) electrons. The number of carbonyl (C=O) groups excluding carboxylic acids is 3. The highest BCUT2D eigenvalue weighted by molar-refractivity contribution is 5.86. The Morgan fingerprint density at radius 2 is 1.86 bits per heavy atom. The zero-order valence-electron chi connectivity index (χ0n) is 17.5. The van der Waals surface area contributed by atoms with Crippen LogP contribution in [0.3, 0.4) is 0 Å². The smallest absolute Gasteiger partial charge is 0.408 e. The molecule has 3 amide bonds. The monoisotopic (exact) mass is 402 g/mol. The third-order valence-electron chi connectivity index (χ3n) is 4.31. The molecule has 0 saturated carbocycles. The minimum Gasteiger partial charge on any atom is -0.444 e. The van der Waals surface area contributed by atoms with Crippen LogP contribution in [0.1, 0.15) is 40.2 Å². The zero-order valence-corrected chi connectivity index (χ0v) is 17.5. The number of hydrogen-bond donors (Lipinski definition) is 4. The van der Waals surface area contributed by atoms with Gasteiger partial charge in [0.25, 0.3) is 0 Å². The number of para-hydroxylation sites is 1. The second-order valence-electron chi connectivity index (χ2n) is 8.28. The van der Waals surface area contributed by atoms with Gasteiger partial charge in [-0.25, -0.2) is 4.79 Å². The summed E-state index contributed by atoms with van der Waals surface area (Å²) in [5, 5.41) is 9.07. The topological polar surface area (TPSA) is 112 Å². The first-order valence-electron chi connectivity index (χ1n) is 9.65. The second kappa shape index (κ2) is 9.45. The van der Waals surface area contributed by atoms with Crippen LogP contribution >= 0.6 is 0 Å². The Labute approximate surface area is 170 Å². The Morgan fingerprint density at radius 1 is 1.17 bits per heavy atom. The van der Waals surface area contributed by atoms with Crippen molar-refractivity contribution in [3.05, 3.63) is 36.0 Å². The van der Waals surface area contributed by atoms with Gasteiger partial charge in [0.15, 0.2) is 0 Å². The molecular weight excluding hydrogens is 372 g/mol. The number of alkyl carbamates (subject to hydrolysis) is 1. The third-order valence-corrected chi connectivity index (χ3v) is 4.31. The fourth-order valence-corrected chi connectivity index (χ4v) is 2.99. The minimum atomic E-state index is -0.802. The average Bonchev–Trinajstić information content (AvgIpc) is 3.01. The van der Waals surface area contributed by atoms with Gasteiger partial charge in [0.2, 0.25) is 12.3 Å². The molecule has 0 unspecified atom stereocenters. The molecule has 1 aromatic carbocycles. The normalized spacial score (nSPS) is 13.6. The van der Waals surface area contributed by atoms with Gasteiger partial charge in [0.1, 0.15) is 17.8 Å². The Hall–Kier alpha value is -3.03. The second-order valence-corrected chi connectivity index (χ2v) is 8.28. The number of nitrogens with one attached hydrogen (secondary N) is 4. The minimum absolute atomic E-state index is 0.174. The lowest BCUT2D eigenvalue weighted by molar-refractivity contribution is -0.125. The lowest BCUT2D eigenvalue weighted by Crippen LogP contribution is -2.56. The summed E-state index contributed by atoms with van der Waals surface area (Å²) in [6.45, 7) is 8.90. The molecule has 0 aliphatic heterocycles. The Morgan fingerprint density at radius 3 is 2.48 bits per heavy atom. The zero-order chi connectivity index (χ0) is 21.6. The van der Waals surface area contributed by atoms with Crippen molar-refractivity contribution in [3.63, 3.8) is 0 Å². The molecule has 0 aliphatic rings. The van der Waals surface area contributed by atoms with E-state index in [4.69, 9.17) is 4.74 Å². The maximum Gasteiger partial charge on any atom is 0.408 e. The van der Waals surface area contributed by atoms with Gasteiger partial charge >= 0.3 is 6.09 Å². The van der Waals surface area contributed by atoms with E-state index in [0.717, 1.165) is 16.5 Å². The number of benzene rings is 1. The number of aromatic nitrogens is 1. The van der Waals surface area contributed by atoms with E-state index in [2.05, 4.69) is 20.9 Å². The first-order valence-corrected chi connectivity index (χ1v) is 9.65. The third kappa shape index (κ3) is 6.51.